The lowest BCUT2D eigenvalue weighted by atomic mass is 10.1. The molecule has 26 heavy (non-hydrogen) atoms. The van der Waals surface area contributed by atoms with Crippen LogP contribution in [-0.4, -0.2) is 44.9 Å². The molecule has 0 aliphatic heterocycles. The first-order valence-corrected chi connectivity index (χ1v) is 8.31. The van der Waals surface area contributed by atoms with Gasteiger partial charge in [0.1, 0.15) is 0 Å². The quantitative estimate of drug-likeness (QED) is 0.669. The zero-order valence-electron chi connectivity index (χ0n) is 15.5. The number of hydrogen-bond donors (Lipinski definition) is 1. The van der Waals surface area contributed by atoms with E-state index in [9.17, 15) is 14.4 Å². The summed E-state index contributed by atoms with van der Waals surface area (Å²) in [5, 5.41) is 1.93. The molecule has 0 unspecified atom stereocenters. The van der Waals surface area contributed by atoms with Gasteiger partial charge in [0.2, 0.25) is 0 Å². The van der Waals surface area contributed by atoms with Crippen LogP contribution in [-0.2, 0) is 14.3 Å². The molecule has 0 aromatic heterocycles. The van der Waals surface area contributed by atoms with Crippen LogP contribution < -0.4 is 14.8 Å². The van der Waals surface area contributed by atoms with E-state index in [2.05, 4.69) is 18.6 Å². The molecule has 0 aliphatic rings. The van der Waals surface area contributed by atoms with Gasteiger partial charge >= 0.3 is 12.1 Å². The highest BCUT2D eigenvalue weighted by molar-refractivity contribution is 5.95. The Morgan fingerprint density at radius 1 is 1.12 bits per heavy atom. The van der Waals surface area contributed by atoms with Crippen molar-refractivity contribution in [2.75, 3.05) is 26.9 Å². The lowest BCUT2D eigenvalue weighted by molar-refractivity contribution is -0.123. The van der Waals surface area contributed by atoms with Gasteiger partial charge in [0.25, 0.3) is 5.91 Å². The number of methoxy groups -OCH3 is 1. The monoisotopic (exact) mass is 367 g/mol. The summed E-state index contributed by atoms with van der Waals surface area (Å²) in [5.74, 6) is -0.0895. The van der Waals surface area contributed by atoms with Crippen LogP contribution in [0.25, 0.3) is 0 Å². The molecule has 2 amide bonds. The average molecular weight is 367 g/mol. The Morgan fingerprint density at radius 2 is 1.85 bits per heavy atom. The fourth-order valence-electron chi connectivity index (χ4n) is 1.85. The van der Waals surface area contributed by atoms with Crippen molar-refractivity contribution >= 4 is 18.0 Å². The van der Waals surface area contributed by atoms with Crippen LogP contribution in [0.4, 0.5) is 4.79 Å². The lowest BCUT2D eigenvalue weighted by Gasteiger charge is -2.13. The molecule has 8 heteroatoms. The molecular formula is C18H25NO7. The van der Waals surface area contributed by atoms with Gasteiger partial charge in [-0.15, -0.1) is 0 Å². The normalized spacial score (nSPS) is 10.2. The van der Waals surface area contributed by atoms with Gasteiger partial charge in [-0.1, -0.05) is 13.8 Å². The Kier molecular flexibility index (Phi) is 8.97. The first-order valence-electron chi connectivity index (χ1n) is 8.31. The van der Waals surface area contributed by atoms with Crippen LogP contribution in [0.15, 0.2) is 18.2 Å². The fraction of sp³-hybridized carbons (Fsp3) is 0.500. The number of amides is 2. The Balaban J connectivity index is 2.60. The van der Waals surface area contributed by atoms with Crippen molar-refractivity contribution in [1.82, 2.24) is 5.32 Å². The molecule has 0 radical (unpaired) electrons. The molecule has 0 aliphatic carbocycles. The van der Waals surface area contributed by atoms with Crippen molar-refractivity contribution in [3.8, 4) is 11.5 Å². The van der Waals surface area contributed by atoms with Gasteiger partial charge in [-0.2, -0.15) is 0 Å². The number of rotatable bonds is 9. The SMILES string of the molecule is CCOC(=O)NC(=O)COC(=O)c1ccc(OCCC(C)C)c(OC)c1. The number of carbonyl (C=O) groups is 3. The minimum absolute atomic E-state index is 0.129. The summed E-state index contributed by atoms with van der Waals surface area (Å²) >= 11 is 0. The molecule has 144 valence electrons. The molecule has 0 bridgehead atoms. The molecule has 0 saturated heterocycles. The molecule has 1 aromatic carbocycles. The summed E-state index contributed by atoms with van der Waals surface area (Å²) in [7, 11) is 1.46. The van der Waals surface area contributed by atoms with E-state index in [0.717, 1.165) is 6.42 Å². The van der Waals surface area contributed by atoms with E-state index in [4.69, 9.17) is 14.2 Å². The minimum Gasteiger partial charge on any atom is -0.493 e. The number of nitrogens with one attached hydrogen (secondary N) is 1. The topological polar surface area (TPSA) is 100 Å². The Hall–Kier alpha value is -2.77. The minimum atomic E-state index is -0.891. The Bertz CT molecular complexity index is 628. The van der Waals surface area contributed by atoms with Gasteiger partial charge in [0.05, 0.1) is 25.9 Å². The van der Waals surface area contributed by atoms with Crippen molar-refractivity contribution < 1.29 is 33.3 Å². The standard InChI is InChI=1S/C18H25NO7/c1-5-24-18(22)19-16(20)11-26-17(21)13-6-7-14(15(10-13)23-4)25-9-8-12(2)3/h6-7,10,12H,5,8-9,11H2,1-4H3,(H,19,20,22). The number of ether oxygens (including phenoxy) is 4. The Morgan fingerprint density at radius 3 is 2.46 bits per heavy atom. The summed E-state index contributed by atoms with van der Waals surface area (Å²) in [6.45, 7) is 5.85. The van der Waals surface area contributed by atoms with Crippen LogP contribution in [0.1, 0.15) is 37.6 Å². The van der Waals surface area contributed by atoms with Gasteiger partial charge in [-0.25, -0.2) is 9.59 Å². The summed E-state index contributed by atoms with van der Waals surface area (Å²) in [6.07, 6.45) is 0.000762. The molecule has 0 fully saturated rings. The van der Waals surface area contributed by atoms with E-state index < -0.39 is 24.6 Å². The van der Waals surface area contributed by atoms with E-state index in [1.165, 1.54) is 19.2 Å². The number of imide groups is 1. The summed E-state index contributed by atoms with van der Waals surface area (Å²) in [6, 6.07) is 4.59. The molecule has 1 aromatic rings. The highest BCUT2D eigenvalue weighted by Crippen LogP contribution is 2.28. The van der Waals surface area contributed by atoms with Crippen molar-refractivity contribution in [2.24, 2.45) is 5.92 Å². The lowest BCUT2D eigenvalue weighted by Crippen LogP contribution is -2.34. The second-order valence-electron chi connectivity index (χ2n) is 5.74. The maximum Gasteiger partial charge on any atom is 0.413 e. The van der Waals surface area contributed by atoms with Crippen LogP contribution >= 0.6 is 0 Å². The maximum absolute atomic E-state index is 12.0. The molecule has 1 N–H and O–H groups in total. The molecular weight excluding hydrogens is 342 g/mol. The van der Waals surface area contributed by atoms with Crippen molar-refractivity contribution in [2.45, 2.75) is 27.2 Å². The number of alkyl carbamates (subject to hydrolysis) is 1. The highest BCUT2D eigenvalue weighted by Gasteiger charge is 2.15. The zero-order chi connectivity index (χ0) is 19.5. The third-order valence-corrected chi connectivity index (χ3v) is 3.20. The van der Waals surface area contributed by atoms with Crippen molar-refractivity contribution in [1.29, 1.82) is 0 Å². The van der Waals surface area contributed by atoms with E-state index in [1.54, 1.807) is 13.0 Å². The van der Waals surface area contributed by atoms with Gasteiger partial charge in [0.15, 0.2) is 18.1 Å². The second-order valence-corrected chi connectivity index (χ2v) is 5.74. The number of carbonyl (C=O) groups excluding carboxylic acids is 3. The zero-order valence-corrected chi connectivity index (χ0v) is 15.5. The van der Waals surface area contributed by atoms with E-state index in [-0.39, 0.29) is 12.2 Å². The van der Waals surface area contributed by atoms with Gasteiger partial charge in [-0.3, -0.25) is 10.1 Å². The first-order chi connectivity index (χ1) is 12.4. The third-order valence-electron chi connectivity index (χ3n) is 3.20. The molecule has 0 atom stereocenters. The van der Waals surface area contributed by atoms with Crippen molar-refractivity contribution in [3.05, 3.63) is 23.8 Å². The summed E-state index contributed by atoms with van der Waals surface area (Å²) in [5.41, 5.74) is 0.196. The van der Waals surface area contributed by atoms with Gasteiger partial charge in [0, 0.05) is 0 Å². The first kappa shape index (κ1) is 21.3. The number of hydrogen-bond acceptors (Lipinski definition) is 7. The fourth-order valence-corrected chi connectivity index (χ4v) is 1.85. The molecule has 0 spiro atoms. The van der Waals surface area contributed by atoms with Crippen LogP contribution in [0, 0.1) is 5.92 Å². The van der Waals surface area contributed by atoms with Gasteiger partial charge in [-0.05, 0) is 37.5 Å². The Labute approximate surface area is 152 Å². The van der Waals surface area contributed by atoms with E-state index >= 15 is 0 Å². The third kappa shape index (κ3) is 7.42. The predicted octanol–water partition coefficient (Wildman–Crippen LogP) is 2.55. The predicted molar refractivity (Wildman–Crippen MR) is 93.4 cm³/mol. The van der Waals surface area contributed by atoms with Gasteiger partial charge < -0.3 is 18.9 Å². The van der Waals surface area contributed by atoms with Crippen molar-refractivity contribution in [3.63, 3.8) is 0 Å². The smallest absolute Gasteiger partial charge is 0.413 e. The van der Waals surface area contributed by atoms with Crippen LogP contribution in [0.3, 0.4) is 0 Å². The van der Waals surface area contributed by atoms with E-state index in [0.29, 0.717) is 24.0 Å². The summed E-state index contributed by atoms with van der Waals surface area (Å²) < 4.78 is 20.3. The largest absolute Gasteiger partial charge is 0.493 e. The second kappa shape index (κ2) is 11.0. The summed E-state index contributed by atoms with van der Waals surface area (Å²) in [4.78, 5) is 34.6. The van der Waals surface area contributed by atoms with Crippen LogP contribution in [0.5, 0.6) is 11.5 Å². The number of benzene rings is 1. The molecule has 8 nitrogen and oxygen atoms in total. The van der Waals surface area contributed by atoms with E-state index in [1.807, 2.05) is 5.32 Å². The number of esters is 1. The average Bonchev–Trinajstić information content (AvgIpc) is 2.59. The highest BCUT2D eigenvalue weighted by atomic mass is 16.6. The van der Waals surface area contributed by atoms with Crippen LogP contribution in [0.2, 0.25) is 0 Å². The molecule has 0 heterocycles. The molecule has 1 rings (SSSR count). The maximum atomic E-state index is 12.0. The molecule has 0 saturated carbocycles.